The van der Waals surface area contributed by atoms with E-state index in [1.807, 2.05) is 47.4 Å². The minimum atomic E-state index is -0.386. The fourth-order valence-electron chi connectivity index (χ4n) is 4.60. The summed E-state index contributed by atoms with van der Waals surface area (Å²) in [6.45, 7) is 8.22. The zero-order chi connectivity index (χ0) is 21.4. The van der Waals surface area contributed by atoms with Gasteiger partial charge in [0, 0.05) is 29.3 Å². The Balaban J connectivity index is 2.02. The van der Waals surface area contributed by atoms with Crippen LogP contribution < -0.4 is 21.1 Å². The normalized spacial score (nSPS) is 20.1. The van der Waals surface area contributed by atoms with Gasteiger partial charge in [0.05, 0.1) is 13.0 Å². The Hall–Kier alpha value is -3.02. The number of rotatable bonds is 5. The molecule has 4 N–H and O–H groups in total. The number of ether oxygens (including phenoxy) is 1. The Labute approximate surface area is 171 Å². The van der Waals surface area contributed by atoms with E-state index in [0.717, 1.165) is 23.2 Å². The molecule has 1 aliphatic heterocycles. The van der Waals surface area contributed by atoms with Crippen LogP contribution >= 0.6 is 0 Å². The highest BCUT2D eigenvalue weighted by molar-refractivity contribution is 5.95. The third-order valence-electron chi connectivity index (χ3n) is 5.67. The summed E-state index contributed by atoms with van der Waals surface area (Å²) in [6.07, 6.45) is 0.930. The van der Waals surface area contributed by atoms with Gasteiger partial charge in [0.2, 0.25) is 11.8 Å². The van der Waals surface area contributed by atoms with Crippen molar-refractivity contribution in [2.24, 2.45) is 5.73 Å². The monoisotopic (exact) mass is 395 g/mol. The summed E-state index contributed by atoms with van der Waals surface area (Å²) in [5, 5.41) is 0. The number of nitrogens with zero attached hydrogens (tertiary/aromatic N) is 1. The van der Waals surface area contributed by atoms with E-state index in [-0.39, 0.29) is 35.8 Å². The van der Waals surface area contributed by atoms with Gasteiger partial charge in [0.25, 0.3) is 0 Å². The number of hydrogen-bond acceptors (Lipinski definition) is 4. The number of nitrogens with two attached hydrogens (primary N) is 2. The van der Waals surface area contributed by atoms with Gasteiger partial charge in [-0.1, -0.05) is 19.1 Å². The topological polar surface area (TPSA) is 98.7 Å². The Kier molecular flexibility index (Phi) is 5.30. The molecule has 1 unspecified atom stereocenters. The number of anilines is 2. The molecule has 1 aliphatic rings. The molecule has 6 nitrogen and oxygen atoms in total. The Morgan fingerprint density at radius 3 is 2.34 bits per heavy atom. The molecule has 0 aliphatic carbocycles. The lowest BCUT2D eigenvalue weighted by molar-refractivity contribution is -0.119. The van der Waals surface area contributed by atoms with Crippen molar-refractivity contribution in [2.75, 3.05) is 17.2 Å². The predicted molar refractivity (Wildman–Crippen MR) is 115 cm³/mol. The average molecular weight is 396 g/mol. The van der Waals surface area contributed by atoms with Crippen molar-refractivity contribution in [3.05, 3.63) is 53.6 Å². The molecule has 1 atom stereocenters. The van der Waals surface area contributed by atoms with Crippen molar-refractivity contribution in [3.8, 4) is 5.75 Å². The summed E-state index contributed by atoms with van der Waals surface area (Å²) >= 11 is 0. The highest BCUT2D eigenvalue weighted by Gasteiger charge is 2.47. The van der Waals surface area contributed by atoms with E-state index in [0.29, 0.717) is 11.4 Å². The van der Waals surface area contributed by atoms with Crippen LogP contribution in [-0.4, -0.2) is 24.0 Å². The SMILES string of the molecule is CC(=O)N1c2ccc(N)cc2C(C)(c2ccc(OCCC(N)=O)cc2)CC1(C)C. The molecule has 1 heterocycles. The third kappa shape index (κ3) is 3.92. The molecule has 2 aromatic rings. The van der Waals surface area contributed by atoms with Crippen molar-refractivity contribution in [2.45, 2.75) is 51.5 Å². The molecular weight excluding hydrogens is 366 g/mol. The second-order valence-electron chi connectivity index (χ2n) is 8.54. The lowest BCUT2D eigenvalue weighted by Gasteiger charge is -2.51. The average Bonchev–Trinajstić information content (AvgIpc) is 2.61. The van der Waals surface area contributed by atoms with Crippen molar-refractivity contribution in [1.29, 1.82) is 0 Å². The van der Waals surface area contributed by atoms with E-state index in [4.69, 9.17) is 16.2 Å². The molecule has 3 rings (SSSR count). The maximum absolute atomic E-state index is 12.4. The van der Waals surface area contributed by atoms with Crippen molar-refractivity contribution < 1.29 is 14.3 Å². The summed E-state index contributed by atoms with van der Waals surface area (Å²) in [5.74, 6) is 0.316. The first-order valence-corrected chi connectivity index (χ1v) is 9.77. The van der Waals surface area contributed by atoms with Crippen LogP contribution in [0.15, 0.2) is 42.5 Å². The predicted octanol–water partition coefficient (Wildman–Crippen LogP) is 3.36. The number of amides is 2. The van der Waals surface area contributed by atoms with Gasteiger partial charge in [-0.15, -0.1) is 0 Å². The molecule has 2 aromatic carbocycles. The Bertz CT molecular complexity index is 937. The van der Waals surface area contributed by atoms with Crippen LogP contribution in [0.2, 0.25) is 0 Å². The van der Waals surface area contributed by atoms with Crippen LogP contribution in [0.3, 0.4) is 0 Å². The zero-order valence-corrected chi connectivity index (χ0v) is 17.5. The van der Waals surface area contributed by atoms with Gasteiger partial charge >= 0.3 is 0 Å². The van der Waals surface area contributed by atoms with Gasteiger partial charge in [-0.2, -0.15) is 0 Å². The number of carbonyl (C=O) groups excluding carboxylic acids is 2. The maximum atomic E-state index is 12.4. The minimum Gasteiger partial charge on any atom is -0.493 e. The standard InChI is InChI=1S/C23H29N3O3/c1-15(27)26-20-10-7-17(24)13-19(20)23(4,14-22(26,2)3)16-5-8-18(9-6-16)29-12-11-21(25)28/h5-10,13H,11-12,14,24H2,1-4H3,(H2,25,28). The summed E-state index contributed by atoms with van der Waals surface area (Å²) in [6, 6.07) is 13.6. The smallest absolute Gasteiger partial charge is 0.224 e. The van der Waals surface area contributed by atoms with E-state index in [1.54, 1.807) is 6.92 Å². The molecule has 2 amide bonds. The van der Waals surface area contributed by atoms with Gasteiger partial charge in [0.15, 0.2) is 0 Å². The van der Waals surface area contributed by atoms with E-state index in [2.05, 4.69) is 20.8 Å². The van der Waals surface area contributed by atoms with Crippen molar-refractivity contribution in [1.82, 2.24) is 0 Å². The molecular formula is C23H29N3O3. The first-order valence-electron chi connectivity index (χ1n) is 9.77. The van der Waals surface area contributed by atoms with Gasteiger partial charge in [-0.3, -0.25) is 9.59 Å². The van der Waals surface area contributed by atoms with Crippen molar-refractivity contribution >= 4 is 23.2 Å². The molecule has 0 radical (unpaired) electrons. The number of benzene rings is 2. The summed E-state index contributed by atoms with van der Waals surface area (Å²) < 4.78 is 5.60. The van der Waals surface area contributed by atoms with E-state index in [1.165, 1.54) is 0 Å². The van der Waals surface area contributed by atoms with E-state index >= 15 is 0 Å². The number of carbonyl (C=O) groups is 2. The van der Waals surface area contributed by atoms with Gasteiger partial charge in [-0.25, -0.2) is 0 Å². The van der Waals surface area contributed by atoms with Crippen molar-refractivity contribution in [3.63, 3.8) is 0 Å². The zero-order valence-electron chi connectivity index (χ0n) is 17.5. The highest BCUT2D eigenvalue weighted by Crippen LogP contribution is 2.51. The fourth-order valence-corrected chi connectivity index (χ4v) is 4.60. The molecule has 6 heteroatoms. The first-order chi connectivity index (χ1) is 13.5. The van der Waals surface area contributed by atoms with Crippen LogP contribution in [0.5, 0.6) is 5.75 Å². The first kappa shape index (κ1) is 20.7. The Morgan fingerprint density at radius 2 is 1.76 bits per heavy atom. The van der Waals surface area contributed by atoms with Gasteiger partial charge in [-0.05, 0) is 61.7 Å². The van der Waals surface area contributed by atoms with E-state index in [9.17, 15) is 9.59 Å². The number of primary amides is 1. The minimum absolute atomic E-state index is 0.0151. The summed E-state index contributed by atoms with van der Waals surface area (Å²) in [7, 11) is 0. The van der Waals surface area contributed by atoms with Gasteiger partial charge in [0.1, 0.15) is 5.75 Å². The van der Waals surface area contributed by atoms with Crippen LogP contribution in [0.1, 0.15) is 51.7 Å². The second-order valence-corrected chi connectivity index (χ2v) is 8.54. The summed E-state index contributed by atoms with van der Waals surface area (Å²) in [5.41, 5.74) is 14.3. The van der Waals surface area contributed by atoms with Crippen LogP contribution in [0.4, 0.5) is 11.4 Å². The number of hydrogen-bond donors (Lipinski definition) is 2. The van der Waals surface area contributed by atoms with Gasteiger partial charge < -0.3 is 21.1 Å². The fraction of sp³-hybridized carbons (Fsp3) is 0.391. The molecule has 29 heavy (non-hydrogen) atoms. The quantitative estimate of drug-likeness (QED) is 0.758. The largest absolute Gasteiger partial charge is 0.493 e. The number of nitrogen functional groups attached to an aromatic ring is 1. The lowest BCUT2D eigenvalue weighted by atomic mass is 9.65. The molecule has 154 valence electrons. The molecule has 0 fully saturated rings. The van der Waals surface area contributed by atoms with Crippen LogP contribution in [-0.2, 0) is 15.0 Å². The third-order valence-corrected chi connectivity index (χ3v) is 5.67. The molecule has 0 aromatic heterocycles. The highest BCUT2D eigenvalue weighted by atomic mass is 16.5. The van der Waals surface area contributed by atoms with Crippen LogP contribution in [0.25, 0.3) is 0 Å². The lowest BCUT2D eigenvalue weighted by Crippen LogP contribution is -2.55. The second kappa shape index (κ2) is 7.43. The molecule has 0 saturated heterocycles. The number of fused-ring (bicyclic) bond motifs is 1. The van der Waals surface area contributed by atoms with Crippen LogP contribution in [0, 0.1) is 0 Å². The maximum Gasteiger partial charge on any atom is 0.224 e. The molecule has 0 saturated carbocycles. The summed E-state index contributed by atoms with van der Waals surface area (Å²) in [4.78, 5) is 25.2. The Morgan fingerprint density at radius 1 is 1.10 bits per heavy atom. The molecule has 0 spiro atoms. The van der Waals surface area contributed by atoms with E-state index < -0.39 is 0 Å². The molecule has 0 bridgehead atoms.